The Morgan fingerprint density at radius 2 is 2.50 bits per heavy atom. The Kier molecular flexibility index (Phi) is 2.03. The molecule has 0 aliphatic carbocycles. The second kappa shape index (κ2) is 2.81. The van der Waals surface area contributed by atoms with Crippen molar-refractivity contribution < 1.29 is 9.97 Å². The second-order valence-electron chi connectivity index (χ2n) is 2.16. The maximum atomic E-state index is 10.8. The average molecular weight is 142 g/mol. The van der Waals surface area contributed by atoms with Gasteiger partial charge in [-0.3, -0.25) is 4.79 Å². The number of quaternary nitrogens is 1. The highest BCUT2D eigenvalue weighted by Crippen LogP contribution is 1.90. The Hall–Kier alpha value is -0.870. The molecule has 0 bridgehead atoms. The zero-order chi connectivity index (χ0) is 7.56. The Balaban J connectivity index is 2.52. The smallest absolute Gasteiger partial charge is 0.297 e. The molecule has 0 fully saturated rings. The molecular formula is C6H10N2O2. The van der Waals surface area contributed by atoms with E-state index in [1.54, 1.807) is 0 Å². The molecule has 0 aromatic rings. The molecule has 0 aromatic carbocycles. The molecule has 10 heavy (non-hydrogen) atoms. The van der Waals surface area contributed by atoms with E-state index >= 15 is 0 Å². The molecular weight excluding hydrogens is 132 g/mol. The SMILES string of the molecule is CCCN1C(=O)C=C[NH+]1[O-]. The quantitative estimate of drug-likeness (QED) is 0.505. The number of amides is 1. The van der Waals surface area contributed by atoms with Crippen LogP contribution in [0.15, 0.2) is 12.3 Å². The highest BCUT2D eigenvalue weighted by Gasteiger charge is 2.20. The summed E-state index contributed by atoms with van der Waals surface area (Å²) in [5.74, 6) is -0.188. The lowest BCUT2D eigenvalue weighted by atomic mass is 10.4. The zero-order valence-electron chi connectivity index (χ0n) is 5.83. The van der Waals surface area contributed by atoms with Gasteiger partial charge in [-0.25, -0.2) is 5.17 Å². The summed E-state index contributed by atoms with van der Waals surface area (Å²) in [6.07, 6.45) is 3.43. The molecule has 0 spiro atoms. The van der Waals surface area contributed by atoms with Gasteiger partial charge < -0.3 is 5.21 Å². The Morgan fingerprint density at radius 1 is 1.80 bits per heavy atom. The minimum absolute atomic E-state index is 0.188. The van der Waals surface area contributed by atoms with Gasteiger partial charge >= 0.3 is 0 Å². The standard InChI is InChI=1S/C6H10N2O2/c1-2-4-7-6(9)3-5-8(7)10/h3,5,8H,2,4H2,1H3. The van der Waals surface area contributed by atoms with Crippen molar-refractivity contribution in [1.29, 1.82) is 0 Å². The summed E-state index contributed by atoms with van der Waals surface area (Å²) < 4.78 is 0. The summed E-state index contributed by atoms with van der Waals surface area (Å²) in [5, 5.41) is 11.8. The van der Waals surface area contributed by atoms with E-state index in [1.807, 2.05) is 6.92 Å². The number of carbonyl (C=O) groups is 1. The first-order valence-electron chi connectivity index (χ1n) is 3.29. The maximum Gasteiger partial charge on any atom is 0.297 e. The number of hydrogen-bond donors (Lipinski definition) is 1. The maximum absolute atomic E-state index is 10.8. The Morgan fingerprint density at radius 3 is 2.90 bits per heavy atom. The van der Waals surface area contributed by atoms with Crippen LogP contribution < -0.4 is 5.17 Å². The van der Waals surface area contributed by atoms with Gasteiger partial charge in [0.05, 0.1) is 12.6 Å². The summed E-state index contributed by atoms with van der Waals surface area (Å²) in [5.41, 5.74) is 0. The molecule has 1 rings (SSSR count). The van der Waals surface area contributed by atoms with Gasteiger partial charge in [-0.2, -0.15) is 5.01 Å². The summed E-state index contributed by atoms with van der Waals surface area (Å²) in [6, 6.07) is 0. The summed E-state index contributed by atoms with van der Waals surface area (Å²) in [6.45, 7) is 2.46. The van der Waals surface area contributed by atoms with Gasteiger partial charge in [-0.15, -0.1) is 0 Å². The predicted molar refractivity (Wildman–Crippen MR) is 35.5 cm³/mol. The molecule has 1 amide bonds. The van der Waals surface area contributed by atoms with Crippen molar-refractivity contribution in [1.82, 2.24) is 5.01 Å². The lowest BCUT2D eigenvalue weighted by Crippen LogP contribution is -3.08. The van der Waals surface area contributed by atoms with Crippen LogP contribution in [0.25, 0.3) is 0 Å². The Bertz CT molecular complexity index is 167. The summed E-state index contributed by atoms with van der Waals surface area (Å²) >= 11 is 0. The zero-order valence-corrected chi connectivity index (χ0v) is 5.83. The third-order valence-electron chi connectivity index (χ3n) is 1.35. The number of rotatable bonds is 2. The summed E-state index contributed by atoms with van der Waals surface area (Å²) in [7, 11) is 0. The van der Waals surface area contributed by atoms with E-state index < -0.39 is 0 Å². The fourth-order valence-electron chi connectivity index (χ4n) is 0.875. The van der Waals surface area contributed by atoms with Crippen LogP contribution in [0.5, 0.6) is 0 Å². The highest BCUT2D eigenvalue weighted by molar-refractivity contribution is 5.87. The molecule has 1 N–H and O–H groups in total. The van der Waals surface area contributed by atoms with Gasteiger partial charge in [0.1, 0.15) is 6.20 Å². The van der Waals surface area contributed by atoms with Crippen LogP contribution in [0.2, 0.25) is 0 Å². The van der Waals surface area contributed by atoms with E-state index in [0.29, 0.717) is 6.54 Å². The number of hydroxylamine groups is 1. The molecule has 4 nitrogen and oxygen atoms in total. The van der Waals surface area contributed by atoms with E-state index in [9.17, 15) is 10.0 Å². The van der Waals surface area contributed by atoms with Gasteiger partial charge in [-0.1, -0.05) is 6.92 Å². The molecule has 0 saturated heterocycles. The molecule has 1 unspecified atom stereocenters. The van der Waals surface area contributed by atoms with Crippen LogP contribution >= 0.6 is 0 Å². The molecule has 56 valence electrons. The highest BCUT2D eigenvalue weighted by atomic mass is 16.6. The van der Waals surface area contributed by atoms with Crippen LogP contribution in [-0.4, -0.2) is 17.5 Å². The molecule has 1 aliphatic heterocycles. The lowest BCUT2D eigenvalue weighted by molar-refractivity contribution is -0.904. The monoisotopic (exact) mass is 142 g/mol. The molecule has 0 saturated carbocycles. The first-order chi connectivity index (χ1) is 4.75. The van der Waals surface area contributed by atoms with E-state index in [2.05, 4.69) is 0 Å². The van der Waals surface area contributed by atoms with E-state index in [4.69, 9.17) is 0 Å². The normalized spacial score (nSPS) is 24.4. The fraction of sp³-hybridized carbons (Fsp3) is 0.500. The van der Waals surface area contributed by atoms with Gasteiger partial charge in [0.2, 0.25) is 0 Å². The van der Waals surface area contributed by atoms with Crippen LogP contribution in [0.3, 0.4) is 0 Å². The average Bonchev–Trinajstić information content (AvgIpc) is 2.20. The topological polar surface area (TPSA) is 47.8 Å². The first-order valence-corrected chi connectivity index (χ1v) is 3.29. The molecule has 1 aliphatic rings. The van der Waals surface area contributed by atoms with Gasteiger partial charge in [-0.05, 0) is 6.42 Å². The van der Waals surface area contributed by atoms with Crippen molar-refractivity contribution in [2.75, 3.05) is 6.54 Å². The van der Waals surface area contributed by atoms with Crippen LogP contribution in [-0.2, 0) is 4.79 Å². The number of carbonyl (C=O) groups excluding carboxylic acids is 1. The molecule has 1 heterocycles. The van der Waals surface area contributed by atoms with Gasteiger partial charge in [0, 0.05) is 0 Å². The van der Waals surface area contributed by atoms with Crippen LogP contribution in [0.1, 0.15) is 13.3 Å². The van der Waals surface area contributed by atoms with Crippen molar-refractivity contribution in [3.63, 3.8) is 0 Å². The minimum atomic E-state index is -0.188. The third-order valence-corrected chi connectivity index (χ3v) is 1.35. The van der Waals surface area contributed by atoms with E-state index in [0.717, 1.165) is 6.42 Å². The van der Waals surface area contributed by atoms with Gasteiger partial charge in [0.15, 0.2) is 0 Å². The van der Waals surface area contributed by atoms with Crippen molar-refractivity contribution in [2.24, 2.45) is 0 Å². The lowest BCUT2D eigenvalue weighted by Gasteiger charge is -2.24. The van der Waals surface area contributed by atoms with Crippen molar-refractivity contribution in [3.8, 4) is 0 Å². The number of nitrogens with one attached hydrogen (secondary N) is 1. The fourth-order valence-corrected chi connectivity index (χ4v) is 0.875. The largest absolute Gasteiger partial charge is 0.603 e. The first kappa shape index (κ1) is 7.24. The number of nitrogens with zero attached hydrogens (tertiary/aromatic N) is 1. The van der Waals surface area contributed by atoms with Crippen molar-refractivity contribution >= 4 is 5.91 Å². The van der Waals surface area contributed by atoms with Gasteiger partial charge in [0.25, 0.3) is 5.91 Å². The Labute approximate surface area is 59.3 Å². The van der Waals surface area contributed by atoms with Crippen LogP contribution in [0.4, 0.5) is 0 Å². The molecule has 4 heteroatoms. The van der Waals surface area contributed by atoms with Crippen LogP contribution in [0, 0.1) is 5.21 Å². The van der Waals surface area contributed by atoms with Crippen molar-refractivity contribution in [2.45, 2.75) is 13.3 Å². The number of hydrogen-bond acceptors (Lipinski definition) is 2. The molecule has 1 atom stereocenters. The van der Waals surface area contributed by atoms with E-state index in [-0.39, 0.29) is 11.1 Å². The predicted octanol–water partition coefficient (Wildman–Crippen LogP) is -0.950. The van der Waals surface area contributed by atoms with E-state index in [1.165, 1.54) is 17.3 Å². The minimum Gasteiger partial charge on any atom is -0.603 e. The molecule has 0 aromatic heterocycles. The summed E-state index contributed by atoms with van der Waals surface area (Å²) in [4.78, 5) is 10.8. The third kappa shape index (κ3) is 1.17. The second-order valence-corrected chi connectivity index (χ2v) is 2.16. The van der Waals surface area contributed by atoms with Crippen molar-refractivity contribution in [3.05, 3.63) is 17.5 Å². The molecule has 0 radical (unpaired) electrons.